The van der Waals surface area contributed by atoms with Crippen LogP contribution < -0.4 is 15.4 Å². The molecule has 4 N–H and O–H groups in total. The molecule has 0 aliphatic carbocycles. The van der Waals surface area contributed by atoms with Gasteiger partial charge in [0.25, 0.3) is 0 Å². The maximum Gasteiger partial charge on any atom is 0.241 e. The lowest BCUT2D eigenvalue weighted by Crippen LogP contribution is -2.52. The predicted octanol–water partition coefficient (Wildman–Crippen LogP) is 1.19. The number of hydrogen-bond donors (Lipinski definition) is 3. The van der Waals surface area contributed by atoms with Crippen molar-refractivity contribution in [3.8, 4) is 5.75 Å². The van der Waals surface area contributed by atoms with Crippen LogP contribution in [0.2, 0.25) is 0 Å². The third-order valence-corrected chi connectivity index (χ3v) is 5.84. The number of primary sulfonamides is 1. The Bertz CT molecular complexity index is 921. The highest BCUT2D eigenvalue weighted by molar-refractivity contribution is 7.89. The SMILES string of the molecule is CC(C(=O)Nc1ccc(S(N)(=O)=O)cc1)N1CCN(c2ccc(O)cc2)CC1. The summed E-state index contributed by atoms with van der Waals surface area (Å²) < 4.78 is 22.6. The van der Waals surface area contributed by atoms with E-state index in [1.54, 1.807) is 12.1 Å². The van der Waals surface area contributed by atoms with Crippen molar-refractivity contribution in [1.29, 1.82) is 0 Å². The highest BCUT2D eigenvalue weighted by Gasteiger charge is 2.25. The van der Waals surface area contributed by atoms with Crippen LogP contribution in [0.3, 0.4) is 0 Å². The van der Waals surface area contributed by atoms with Crippen molar-refractivity contribution >= 4 is 27.3 Å². The number of nitrogens with two attached hydrogens (primary N) is 1. The Kier molecular flexibility index (Phi) is 5.87. The van der Waals surface area contributed by atoms with Crippen molar-refractivity contribution in [2.24, 2.45) is 5.14 Å². The molecule has 9 heteroatoms. The van der Waals surface area contributed by atoms with Crippen LogP contribution >= 0.6 is 0 Å². The van der Waals surface area contributed by atoms with Crippen molar-refractivity contribution in [2.75, 3.05) is 36.4 Å². The number of rotatable bonds is 5. The second-order valence-corrected chi connectivity index (χ2v) is 8.34. The molecule has 1 amide bonds. The zero-order valence-electron chi connectivity index (χ0n) is 15.6. The molecule has 0 bridgehead atoms. The topological polar surface area (TPSA) is 116 Å². The van der Waals surface area contributed by atoms with Gasteiger partial charge in [-0.05, 0) is 55.5 Å². The number of benzene rings is 2. The number of nitrogens with one attached hydrogen (secondary N) is 1. The third kappa shape index (κ3) is 4.80. The fraction of sp³-hybridized carbons (Fsp3) is 0.316. The lowest BCUT2D eigenvalue weighted by atomic mass is 10.2. The molecule has 1 atom stereocenters. The molecule has 1 saturated heterocycles. The van der Waals surface area contributed by atoms with E-state index in [4.69, 9.17) is 5.14 Å². The summed E-state index contributed by atoms with van der Waals surface area (Å²) in [5.41, 5.74) is 1.57. The average molecular weight is 404 g/mol. The molecule has 1 unspecified atom stereocenters. The van der Waals surface area contributed by atoms with E-state index in [2.05, 4.69) is 15.1 Å². The Morgan fingerprint density at radius 1 is 1.04 bits per heavy atom. The summed E-state index contributed by atoms with van der Waals surface area (Å²) in [4.78, 5) is 16.9. The molecule has 2 aromatic carbocycles. The summed E-state index contributed by atoms with van der Waals surface area (Å²) >= 11 is 0. The summed E-state index contributed by atoms with van der Waals surface area (Å²) in [6.45, 7) is 4.89. The van der Waals surface area contributed by atoms with Gasteiger partial charge < -0.3 is 15.3 Å². The molecular weight excluding hydrogens is 380 g/mol. The first-order valence-corrected chi connectivity index (χ1v) is 10.5. The Labute approximate surface area is 164 Å². The van der Waals surface area contributed by atoms with Gasteiger partial charge in [-0.25, -0.2) is 13.6 Å². The van der Waals surface area contributed by atoms with Crippen LogP contribution in [-0.4, -0.2) is 56.6 Å². The molecule has 1 aliphatic heterocycles. The zero-order chi connectivity index (χ0) is 20.3. The first kappa shape index (κ1) is 20.1. The molecule has 0 aromatic heterocycles. The first-order valence-electron chi connectivity index (χ1n) is 8.96. The Hall–Kier alpha value is -2.62. The Balaban J connectivity index is 1.55. The van der Waals surface area contributed by atoms with Gasteiger partial charge in [-0.3, -0.25) is 9.69 Å². The van der Waals surface area contributed by atoms with E-state index in [0.717, 1.165) is 31.9 Å². The van der Waals surface area contributed by atoms with Gasteiger partial charge in [0.05, 0.1) is 10.9 Å². The van der Waals surface area contributed by atoms with Gasteiger partial charge in [0, 0.05) is 37.6 Å². The van der Waals surface area contributed by atoms with E-state index in [9.17, 15) is 18.3 Å². The predicted molar refractivity (Wildman–Crippen MR) is 108 cm³/mol. The van der Waals surface area contributed by atoms with Crippen LogP contribution in [-0.2, 0) is 14.8 Å². The molecule has 28 heavy (non-hydrogen) atoms. The van der Waals surface area contributed by atoms with Crippen molar-refractivity contribution in [2.45, 2.75) is 17.9 Å². The van der Waals surface area contributed by atoms with Gasteiger partial charge >= 0.3 is 0 Å². The minimum absolute atomic E-state index is 0.00361. The maximum atomic E-state index is 12.5. The number of carbonyl (C=O) groups excluding carboxylic acids is 1. The third-order valence-electron chi connectivity index (χ3n) is 4.91. The fourth-order valence-corrected chi connectivity index (χ4v) is 3.69. The molecular formula is C19H24N4O4S. The van der Waals surface area contributed by atoms with Crippen LogP contribution in [0.25, 0.3) is 0 Å². The minimum Gasteiger partial charge on any atom is -0.508 e. The Morgan fingerprint density at radius 3 is 2.14 bits per heavy atom. The molecule has 0 spiro atoms. The maximum absolute atomic E-state index is 12.5. The van der Waals surface area contributed by atoms with E-state index >= 15 is 0 Å². The zero-order valence-corrected chi connectivity index (χ0v) is 16.4. The van der Waals surface area contributed by atoms with Gasteiger partial charge in [0.2, 0.25) is 15.9 Å². The molecule has 1 heterocycles. The summed E-state index contributed by atoms with van der Waals surface area (Å²) in [6.07, 6.45) is 0. The van der Waals surface area contributed by atoms with E-state index < -0.39 is 10.0 Å². The molecule has 150 valence electrons. The van der Waals surface area contributed by atoms with Gasteiger partial charge in [-0.1, -0.05) is 0 Å². The highest BCUT2D eigenvalue weighted by atomic mass is 32.2. The smallest absolute Gasteiger partial charge is 0.241 e. The molecule has 1 fully saturated rings. The van der Waals surface area contributed by atoms with Crippen molar-refractivity contribution in [1.82, 2.24) is 4.90 Å². The monoisotopic (exact) mass is 404 g/mol. The van der Waals surface area contributed by atoms with Gasteiger partial charge in [-0.15, -0.1) is 0 Å². The molecule has 0 saturated carbocycles. The number of sulfonamides is 1. The minimum atomic E-state index is -3.75. The summed E-state index contributed by atoms with van der Waals surface area (Å²) in [5, 5.41) is 17.3. The van der Waals surface area contributed by atoms with E-state index in [1.165, 1.54) is 24.3 Å². The molecule has 0 radical (unpaired) electrons. The number of amides is 1. The van der Waals surface area contributed by atoms with Gasteiger partial charge in [0.1, 0.15) is 5.75 Å². The first-order chi connectivity index (χ1) is 13.2. The van der Waals surface area contributed by atoms with Crippen LogP contribution in [0, 0.1) is 0 Å². The Morgan fingerprint density at radius 2 is 1.61 bits per heavy atom. The molecule has 2 aromatic rings. The van der Waals surface area contributed by atoms with Crippen LogP contribution in [0.4, 0.5) is 11.4 Å². The number of hydrogen-bond acceptors (Lipinski definition) is 6. The number of aromatic hydroxyl groups is 1. The molecule has 1 aliphatic rings. The summed E-state index contributed by atoms with van der Waals surface area (Å²) in [7, 11) is -3.75. The van der Waals surface area contributed by atoms with Crippen molar-refractivity contribution in [3.05, 3.63) is 48.5 Å². The number of phenolic OH excluding ortho intramolecular Hbond substituents is 1. The largest absolute Gasteiger partial charge is 0.508 e. The molecule has 3 rings (SSSR count). The lowest BCUT2D eigenvalue weighted by Gasteiger charge is -2.38. The number of nitrogens with zero attached hydrogens (tertiary/aromatic N) is 2. The fourth-order valence-electron chi connectivity index (χ4n) is 3.17. The van der Waals surface area contributed by atoms with Gasteiger partial charge in [-0.2, -0.15) is 0 Å². The van der Waals surface area contributed by atoms with Crippen molar-refractivity contribution in [3.63, 3.8) is 0 Å². The van der Waals surface area contributed by atoms with Crippen LogP contribution in [0.15, 0.2) is 53.4 Å². The van der Waals surface area contributed by atoms with E-state index in [1.807, 2.05) is 19.1 Å². The quantitative estimate of drug-likeness (QED) is 0.689. The standard InChI is InChI=1S/C19H24N4O4S/c1-14(19(25)21-15-2-8-18(9-3-15)28(20,26)27)22-10-12-23(13-11-22)16-4-6-17(24)7-5-16/h2-9,14,24H,10-13H2,1H3,(H,21,25)(H2,20,26,27). The van der Waals surface area contributed by atoms with Crippen LogP contribution in [0.1, 0.15) is 6.92 Å². The summed E-state index contributed by atoms with van der Waals surface area (Å²) in [6, 6.07) is 12.6. The second-order valence-electron chi connectivity index (χ2n) is 6.77. The average Bonchev–Trinajstić information content (AvgIpc) is 2.68. The molecule has 8 nitrogen and oxygen atoms in total. The second kappa shape index (κ2) is 8.17. The number of phenols is 1. The highest BCUT2D eigenvalue weighted by Crippen LogP contribution is 2.21. The van der Waals surface area contributed by atoms with Gasteiger partial charge in [0.15, 0.2) is 0 Å². The van der Waals surface area contributed by atoms with E-state index in [-0.39, 0.29) is 22.6 Å². The lowest BCUT2D eigenvalue weighted by molar-refractivity contribution is -0.120. The number of anilines is 2. The normalized spacial score (nSPS) is 16.6. The number of carbonyl (C=O) groups is 1. The van der Waals surface area contributed by atoms with E-state index in [0.29, 0.717) is 5.69 Å². The number of piperazine rings is 1. The van der Waals surface area contributed by atoms with Crippen LogP contribution in [0.5, 0.6) is 5.75 Å². The summed E-state index contributed by atoms with van der Waals surface area (Å²) in [5.74, 6) is 0.0891. The van der Waals surface area contributed by atoms with Crippen molar-refractivity contribution < 1.29 is 18.3 Å².